The number of benzene rings is 2. The summed E-state index contributed by atoms with van der Waals surface area (Å²) in [5, 5.41) is 6.75. The Bertz CT molecular complexity index is 713. The Morgan fingerprint density at radius 1 is 1.16 bits per heavy atom. The first-order valence-electron chi connectivity index (χ1n) is 8.47. The normalized spacial score (nSPS) is 12.1. The second-order valence-corrected chi connectivity index (χ2v) is 6.78. The molecule has 25 heavy (non-hydrogen) atoms. The maximum Gasteiger partial charge on any atom is 0.170 e. The lowest BCUT2D eigenvalue weighted by atomic mass is 10.0. The fourth-order valence-corrected chi connectivity index (χ4v) is 2.81. The highest BCUT2D eigenvalue weighted by molar-refractivity contribution is 7.80. The fourth-order valence-electron chi connectivity index (χ4n) is 2.61. The maximum absolute atomic E-state index is 13.6. The molecule has 2 aromatic rings. The van der Waals surface area contributed by atoms with E-state index in [1.165, 1.54) is 17.2 Å². The molecule has 0 bridgehead atoms. The number of likely N-dealkylation sites (N-methyl/N-ethyl adjacent to an activating group) is 1. The SMILES string of the molecule is CCc1ccc([C@@H](CNC(=S)Nc2ccc(C)c(F)c2)N(C)C)cc1. The maximum atomic E-state index is 13.6. The molecule has 1 atom stereocenters. The third-order valence-electron chi connectivity index (χ3n) is 4.28. The van der Waals surface area contributed by atoms with Crippen molar-refractivity contribution >= 4 is 23.0 Å². The number of rotatable bonds is 6. The van der Waals surface area contributed by atoms with Crippen molar-refractivity contribution in [2.45, 2.75) is 26.3 Å². The van der Waals surface area contributed by atoms with E-state index in [2.05, 4.69) is 46.7 Å². The molecule has 0 saturated carbocycles. The van der Waals surface area contributed by atoms with Crippen LogP contribution in [0.3, 0.4) is 0 Å². The molecule has 2 rings (SSSR count). The number of aryl methyl sites for hydroxylation is 2. The lowest BCUT2D eigenvalue weighted by Crippen LogP contribution is -2.36. The van der Waals surface area contributed by atoms with Crippen LogP contribution in [0.2, 0.25) is 0 Å². The van der Waals surface area contributed by atoms with Crippen LogP contribution in [0.1, 0.15) is 29.7 Å². The average molecular weight is 360 g/mol. The van der Waals surface area contributed by atoms with E-state index in [9.17, 15) is 4.39 Å². The Kier molecular flexibility index (Phi) is 6.91. The number of hydrogen-bond acceptors (Lipinski definition) is 2. The highest BCUT2D eigenvalue weighted by Gasteiger charge is 2.14. The zero-order valence-electron chi connectivity index (χ0n) is 15.3. The van der Waals surface area contributed by atoms with Gasteiger partial charge in [-0.25, -0.2) is 4.39 Å². The summed E-state index contributed by atoms with van der Waals surface area (Å²) in [4.78, 5) is 2.15. The topological polar surface area (TPSA) is 27.3 Å². The molecule has 0 spiro atoms. The van der Waals surface area contributed by atoms with E-state index in [4.69, 9.17) is 12.2 Å². The minimum Gasteiger partial charge on any atom is -0.361 e. The molecular weight excluding hydrogens is 333 g/mol. The fraction of sp³-hybridized carbons (Fsp3) is 0.350. The van der Waals surface area contributed by atoms with Crippen LogP contribution in [-0.2, 0) is 6.42 Å². The summed E-state index contributed by atoms with van der Waals surface area (Å²) in [6.45, 7) is 4.55. The van der Waals surface area contributed by atoms with Gasteiger partial charge in [0.2, 0.25) is 0 Å². The molecule has 0 aliphatic rings. The van der Waals surface area contributed by atoms with Crippen LogP contribution >= 0.6 is 12.2 Å². The van der Waals surface area contributed by atoms with Gasteiger partial charge in [0.25, 0.3) is 0 Å². The van der Waals surface area contributed by atoms with Crippen LogP contribution in [0, 0.1) is 12.7 Å². The van der Waals surface area contributed by atoms with Crippen LogP contribution in [-0.4, -0.2) is 30.7 Å². The summed E-state index contributed by atoms with van der Waals surface area (Å²) in [6.07, 6.45) is 1.03. The van der Waals surface area contributed by atoms with E-state index in [-0.39, 0.29) is 11.9 Å². The van der Waals surface area contributed by atoms with Crippen LogP contribution in [0.25, 0.3) is 0 Å². The van der Waals surface area contributed by atoms with Crippen molar-refractivity contribution in [2.24, 2.45) is 0 Å². The van der Waals surface area contributed by atoms with E-state index in [1.807, 2.05) is 20.2 Å². The van der Waals surface area contributed by atoms with Gasteiger partial charge in [-0.05, 0) is 68.5 Å². The van der Waals surface area contributed by atoms with Gasteiger partial charge in [-0.2, -0.15) is 0 Å². The predicted molar refractivity (Wildman–Crippen MR) is 108 cm³/mol. The third-order valence-corrected chi connectivity index (χ3v) is 4.53. The van der Waals surface area contributed by atoms with Crippen molar-refractivity contribution in [2.75, 3.05) is 26.0 Å². The zero-order chi connectivity index (χ0) is 18.4. The van der Waals surface area contributed by atoms with Gasteiger partial charge in [0.15, 0.2) is 5.11 Å². The summed E-state index contributed by atoms with van der Waals surface area (Å²) in [6, 6.07) is 13.9. The van der Waals surface area contributed by atoms with Gasteiger partial charge in [0.05, 0.1) is 6.04 Å². The Balaban J connectivity index is 1.97. The van der Waals surface area contributed by atoms with Crippen molar-refractivity contribution in [3.05, 3.63) is 65.0 Å². The van der Waals surface area contributed by atoms with Crippen molar-refractivity contribution in [1.29, 1.82) is 0 Å². The largest absolute Gasteiger partial charge is 0.361 e. The van der Waals surface area contributed by atoms with Gasteiger partial charge in [-0.3, -0.25) is 0 Å². The highest BCUT2D eigenvalue weighted by atomic mass is 32.1. The van der Waals surface area contributed by atoms with Crippen LogP contribution in [0.5, 0.6) is 0 Å². The van der Waals surface area contributed by atoms with Gasteiger partial charge in [-0.15, -0.1) is 0 Å². The lowest BCUT2D eigenvalue weighted by Gasteiger charge is -2.26. The monoisotopic (exact) mass is 359 g/mol. The molecule has 0 amide bonds. The second kappa shape index (κ2) is 8.92. The van der Waals surface area contributed by atoms with E-state index in [0.717, 1.165) is 6.42 Å². The highest BCUT2D eigenvalue weighted by Crippen LogP contribution is 2.19. The molecular formula is C20H26FN3S. The van der Waals surface area contributed by atoms with Gasteiger partial charge in [-0.1, -0.05) is 37.3 Å². The lowest BCUT2D eigenvalue weighted by molar-refractivity contribution is 0.299. The number of halogens is 1. The molecule has 5 heteroatoms. The molecule has 2 N–H and O–H groups in total. The first-order valence-corrected chi connectivity index (χ1v) is 8.87. The standard InChI is InChI=1S/C20H26FN3S/c1-5-15-7-9-16(10-8-15)19(24(3)4)13-22-20(25)23-17-11-6-14(2)18(21)12-17/h6-12,19H,5,13H2,1-4H3,(H2,22,23,25)/t19-/m1/s1. The first kappa shape index (κ1) is 19.3. The predicted octanol–water partition coefficient (Wildman–Crippen LogP) is 4.29. The molecule has 134 valence electrons. The van der Waals surface area contributed by atoms with Crippen LogP contribution in [0.15, 0.2) is 42.5 Å². The number of nitrogens with one attached hydrogen (secondary N) is 2. The van der Waals surface area contributed by atoms with E-state index >= 15 is 0 Å². The average Bonchev–Trinajstić information content (AvgIpc) is 2.58. The molecule has 3 nitrogen and oxygen atoms in total. The summed E-state index contributed by atoms with van der Waals surface area (Å²) in [7, 11) is 4.10. The number of thiocarbonyl (C=S) groups is 1. The van der Waals surface area contributed by atoms with Gasteiger partial charge in [0, 0.05) is 12.2 Å². The molecule has 0 radical (unpaired) electrons. The van der Waals surface area contributed by atoms with Crippen molar-refractivity contribution in [3.63, 3.8) is 0 Å². The first-order chi connectivity index (χ1) is 11.9. The van der Waals surface area contributed by atoms with E-state index < -0.39 is 0 Å². The smallest absolute Gasteiger partial charge is 0.170 e. The number of hydrogen-bond donors (Lipinski definition) is 2. The number of nitrogens with zero attached hydrogens (tertiary/aromatic N) is 1. The summed E-state index contributed by atoms with van der Waals surface area (Å²) < 4.78 is 13.6. The second-order valence-electron chi connectivity index (χ2n) is 6.37. The van der Waals surface area contributed by atoms with Crippen LogP contribution < -0.4 is 10.6 Å². The van der Waals surface area contributed by atoms with Gasteiger partial charge < -0.3 is 15.5 Å². The minimum atomic E-state index is -0.241. The Morgan fingerprint density at radius 2 is 1.84 bits per heavy atom. The molecule has 2 aromatic carbocycles. The summed E-state index contributed by atoms with van der Waals surface area (Å²) >= 11 is 5.34. The summed E-state index contributed by atoms with van der Waals surface area (Å²) in [5.74, 6) is -0.241. The zero-order valence-corrected chi connectivity index (χ0v) is 16.1. The third kappa shape index (κ3) is 5.51. The molecule has 0 fully saturated rings. The quantitative estimate of drug-likeness (QED) is 0.753. The molecule has 0 aromatic heterocycles. The Hall–Kier alpha value is -1.98. The van der Waals surface area contributed by atoms with E-state index in [1.54, 1.807) is 13.0 Å². The Morgan fingerprint density at radius 3 is 2.40 bits per heavy atom. The molecule has 0 saturated heterocycles. The van der Waals surface area contributed by atoms with Crippen molar-refractivity contribution < 1.29 is 4.39 Å². The number of anilines is 1. The van der Waals surface area contributed by atoms with Gasteiger partial charge >= 0.3 is 0 Å². The van der Waals surface area contributed by atoms with Crippen molar-refractivity contribution in [1.82, 2.24) is 10.2 Å². The van der Waals surface area contributed by atoms with E-state index in [0.29, 0.717) is 22.9 Å². The molecule has 0 heterocycles. The summed E-state index contributed by atoms with van der Waals surface area (Å²) in [5.41, 5.74) is 3.83. The molecule has 0 aliphatic carbocycles. The van der Waals surface area contributed by atoms with Gasteiger partial charge in [0.1, 0.15) is 5.82 Å². The van der Waals surface area contributed by atoms with Crippen LogP contribution in [0.4, 0.5) is 10.1 Å². The molecule has 0 unspecified atom stereocenters. The minimum absolute atomic E-state index is 0.195. The Labute approximate surface area is 155 Å². The van der Waals surface area contributed by atoms with Crippen molar-refractivity contribution in [3.8, 4) is 0 Å². The molecule has 0 aliphatic heterocycles.